The average molecular weight is 339 g/mol. The normalized spacial score (nSPS) is 13.2. The molecule has 1 aliphatic rings. The van der Waals surface area contributed by atoms with Gasteiger partial charge in [-0.3, -0.25) is 14.6 Å². The quantitative estimate of drug-likeness (QED) is 0.898. The van der Waals surface area contributed by atoms with Gasteiger partial charge in [-0.15, -0.1) is 0 Å². The molecule has 2 amide bonds. The molecule has 0 saturated heterocycles. The van der Waals surface area contributed by atoms with Crippen LogP contribution in [0.2, 0.25) is 0 Å². The molecule has 0 fully saturated rings. The molecule has 5 nitrogen and oxygen atoms in total. The fourth-order valence-corrected chi connectivity index (χ4v) is 3.03. The zero-order valence-corrected chi connectivity index (χ0v) is 13.8. The average Bonchev–Trinajstić information content (AvgIpc) is 3.13. The number of amidine groups is 1. The van der Waals surface area contributed by atoms with Crippen molar-refractivity contribution in [3.8, 4) is 11.1 Å². The molecule has 0 atom stereocenters. The van der Waals surface area contributed by atoms with Gasteiger partial charge in [-0.2, -0.15) is 0 Å². The summed E-state index contributed by atoms with van der Waals surface area (Å²) >= 11 is 1.51. The van der Waals surface area contributed by atoms with Crippen LogP contribution < -0.4 is 10.6 Å². The summed E-state index contributed by atoms with van der Waals surface area (Å²) in [6.07, 6.45) is 0. The van der Waals surface area contributed by atoms with Crippen molar-refractivity contribution in [3.63, 3.8) is 0 Å². The number of nitrogens with zero attached hydrogens (tertiary/aromatic N) is 1. The van der Waals surface area contributed by atoms with Gasteiger partial charge in [0.2, 0.25) is 5.91 Å². The number of amides is 2. The lowest BCUT2D eigenvalue weighted by atomic mass is 10.0. The largest absolute Gasteiger partial charge is 0.343 e. The van der Waals surface area contributed by atoms with Gasteiger partial charge in [-0.05, 0) is 23.3 Å². The van der Waals surface area contributed by atoms with Crippen LogP contribution in [0.5, 0.6) is 0 Å². The summed E-state index contributed by atoms with van der Waals surface area (Å²) in [6, 6.07) is 17.3. The van der Waals surface area contributed by atoms with Gasteiger partial charge in [-0.1, -0.05) is 54.2 Å². The SMILES string of the molecule is O=C(CNC(=O)c1ccc(-c2ccccc2)cc1)NC1=NCCS1. The molecule has 0 aliphatic carbocycles. The highest BCUT2D eigenvalue weighted by atomic mass is 32.2. The molecule has 2 aromatic rings. The van der Waals surface area contributed by atoms with E-state index in [1.54, 1.807) is 12.1 Å². The minimum Gasteiger partial charge on any atom is -0.343 e. The summed E-state index contributed by atoms with van der Waals surface area (Å²) in [5.41, 5.74) is 2.66. The van der Waals surface area contributed by atoms with E-state index >= 15 is 0 Å². The van der Waals surface area contributed by atoms with Crippen molar-refractivity contribution >= 4 is 28.7 Å². The van der Waals surface area contributed by atoms with Crippen LogP contribution in [0.25, 0.3) is 11.1 Å². The highest BCUT2D eigenvalue weighted by molar-refractivity contribution is 8.14. The lowest BCUT2D eigenvalue weighted by molar-refractivity contribution is -0.118. The third-order valence-electron chi connectivity index (χ3n) is 3.50. The van der Waals surface area contributed by atoms with E-state index < -0.39 is 0 Å². The molecule has 6 heteroatoms. The molecule has 3 rings (SSSR count). The highest BCUT2D eigenvalue weighted by Crippen LogP contribution is 2.19. The summed E-state index contributed by atoms with van der Waals surface area (Å²) in [5.74, 6) is 0.346. The molecular weight excluding hydrogens is 322 g/mol. The fraction of sp³-hybridized carbons (Fsp3) is 0.167. The maximum absolute atomic E-state index is 12.1. The summed E-state index contributed by atoms with van der Waals surface area (Å²) in [6.45, 7) is 0.652. The van der Waals surface area contributed by atoms with Gasteiger partial charge in [0.1, 0.15) is 0 Å². The number of hydrogen-bond acceptors (Lipinski definition) is 4. The van der Waals surface area contributed by atoms with Crippen LogP contribution >= 0.6 is 11.8 Å². The van der Waals surface area contributed by atoms with E-state index in [1.807, 2.05) is 42.5 Å². The van der Waals surface area contributed by atoms with Crippen molar-refractivity contribution in [2.75, 3.05) is 18.8 Å². The van der Waals surface area contributed by atoms with Crippen LogP contribution in [0.4, 0.5) is 0 Å². The van der Waals surface area contributed by atoms with Crippen molar-refractivity contribution in [2.45, 2.75) is 0 Å². The van der Waals surface area contributed by atoms with Crippen molar-refractivity contribution in [3.05, 3.63) is 60.2 Å². The van der Waals surface area contributed by atoms with Crippen LogP contribution in [0.3, 0.4) is 0 Å². The topological polar surface area (TPSA) is 70.6 Å². The van der Waals surface area contributed by atoms with Gasteiger partial charge < -0.3 is 10.6 Å². The van der Waals surface area contributed by atoms with Crippen LogP contribution in [-0.4, -0.2) is 35.8 Å². The molecule has 1 heterocycles. The van der Waals surface area contributed by atoms with E-state index in [1.165, 1.54) is 11.8 Å². The Hall–Kier alpha value is -2.60. The van der Waals surface area contributed by atoms with Gasteiger partial charge >= 0.3 is 0 Å². The molecule has 0 bridgehead atoms. The Kier molecular flexibility index (Phi) is 5.28. The number of thioether (sulfide) groups is 1. The van der Waals surface area contributed by atoms with Crippen molar-refractivity contribution in [2.24, 2.45) is 4.99 Å². The molecule has 2 aromatic carbocycles. The first kappa shape index (κ1) is 16.3. The minimum absolute atomic E-state index is 0.0706. The van der Waals surface area contributed by atoms with E-state index in [4.69, 9.17) is 0 Å². The first-order valence-electron chi connectivity index (χ1n) is 7.63. The molecule has 122 valence electrons. The number of nitrogens with one attached hydrogen (secondary N) is 2. The standard InChI is InChI=1S/C18H17N3O2S/c22-16(21-18-19-10-11-24-18)12-20-17(23)15-8-6-14(7-9-15)13-4-2-1-3-5-13/h1-9H,10-12H2,(H,20,23)(H,19,21,22). The van der Waals surface area contributed by atoms with E-state index in [-0.39, 0.29) is 18.4 Å². The molecule has 24 heavy (non-hydrogen) atoms. The summed E-state index contributed by atoms with van der Waals surface area (Å²) in [5, 5.41) is 5.92. The van der Waals surface area contributed by atoms with Crippen LogP contribution in [0, 0.1) is 0 Å². The number of carbonyl (C=O) groups is 2. The smallest absolute Gasteiger partial charge is 0.251 e. The van der Waals surface area contributed by atoms with E-state index in [9.17, 15) is 9.59 Å². The maximum atomic E-state index is 12.1. The lowest BCUT2D eigenvalue weighted by Crippen LogP contribution is -2.38. The van der Waals surface area contributed by atoms with Gasteiger partial charge in [0.15, 0.2) is 5.17 Å². The van der Waals surface area contributed by atoms with Crippen molar-refractivity contribution in [1.29, 1.82) is 0 Å². The second-order valence-corrected chi connectivity index (χ2v) is 6.29. The molecule has 1 aliphatic heterocycles. The first-order chi connectivity index (χ1) is 11.7. The lowest BCUT2D eigenvalue weighted by Gasteiger charge is -2.07. The zero-order valence-electron chi connectivity index (χ0n) is 13.0. The van der Waals surface area contributed by atoms with Crippen LogP contribution in [-0.2, 0) is 4.79 Å². The fourth-order valence-electron chi connectivity index (χ4n) is 2.28. The molecule has 0 saturated carbocycles. The van der Waals surface area contributed by atoms with Crippen LogP contribution in [0.1, 0.15) is 10.4 Å². The molecular formula is C18H17N3O2S. The summed E-state index contributed by atoms with van der Waals surface area (Å²) in [4.78, 5) is 28.0. The van der Waals surface area contributed by atoms with Crippen LogP contribution in [0.15, 0.2) is 59.6 Å². The minimum atomic E-state index is -0.272. The van der Waals surface area contributed by atoms with E-state index in [0.717, 1.165) is 23.4 Å². The monoisotopic (exact) mass is 339 g/mol. The highest BCUT2D eigenvalue weighted by Gasteiger charge is 2.12. The number of aliphatic imine (C=N–C) groups is 1. The number of rotatable bonds is 4. The molecule has 2 N–H and O–H groups in total. The Labute approximate surface area is 144 Å². The van der Waals surface area contributed by atoms with Gasteiger partial charge in [0, 0.05) is 11.3 Å². The summed E-state index contributed by atoms with van der Waals surface area (Å²) in [7, 11) is 0. The first-order valence-corrected chi connectivity index (χ1v) is 8.62. The zero-order chi connectivity index (χ0) is 16.8. The maximum Gasteiger partial charge on any atom is 0.251 e. The Bertz CT molecular complexity index is 758. The van der Waals surface area contributed by atoms with Crippen molar-refractivity contribution in [1.82, 2.24) is 10.6 Å². The van der Waals surface area contributed by atoms with Gasteiger partial charge in [0.05, 0.1) is 13.1 Å². The molecule has 0 unspecified atom stereocenters. The van der Waals surface area contributed by atoms with E-state index in [2.05, 4.69) is 15.6 Å². The third kappa shape index (κ3) is 4.23. The molecule has 0 radical (unpaired) electrons. The molecule has 0 aromatic heterocycles. The Morgan fingerprint density at radius 3 is 2.38 bits per heavy atom. The predicted molar refractivity (Wildman–Crippen MR) is 97.1 cm³/mol. The number of hydrogen-bond donors (Lipinski definition) is 2. The second-order valence-electron chi connectivity index (χ2n) is 5.21. The molecule has 0 spiro atoms. The third-order valence-corrected chi connectivity index (χ3v) is 4.39. The number of carbonyl (C=O) groups excluding carboxylic acids is 2. The predicted octanol–water partition coefficient (Wildman–Crippen LogP) is 2.30. The Balaban J connectivity index is 1.54. The number of benzene rings is 2. The van der Waals surface area contributed by atoms with Gasteiger partial charge in [-0.25, -0.2) is 0 Å². The van der Waals surface area contributed by atoms with E-state index in [0.29, 0.717) is 10.7 Å². The van der Waals surface area contributed by atoms with Crippen molar-refractivity contribution < 1.29 is 9.59 Å². The summed E-state index contributed by atoms with van der Waals surface area (Å²) < 4.78 is 0. The van der Waals surface area contributed by atoms with Gasteiger partial charge in [0.25, 0.3) is 5.91 Å². The Morgan fingerprint density at radius 2 is 1.71 bits per heavy atom. The Morgan fingerprint density at radius 1 is 1.00 bits per heavy atom. The second kappa shape index (κ2) is 7.79.